The summed E-state index contributed by atoms with van der Waals surface area (Å²) in [6.07, 6.45) is 11.5. The van der Waals surface area contributed by atoms with Crippen molar-refractivity contribution in [3.05, 3.63) is 72.9 Å². The minimum absolute atomic E-state index is 0. The van der Waals surface area contributed by atoms with Crippen molar-refractivity contribution in [3.8, 4) is 0 Å². The number of nitrogens with one attached hydrogen (secondary N) is 4. The summed E-state index contributed by atoms with van der Waals surface area (Å²) in [4.78, 5) is 70.4. The Bertz CT molecular complexity index is 1080. The first-order valence-electron chi connectivity index (χ1n) is 10.1. The number of aromatic amines is 4. The molecule has 17 heteroatoms. The Hall–Kier alpha value is -4.76. The zero-order valence-corrected chi connectivity index (χ0v) is 19.3. The number of imidazole rings is 4. The number of rotatable bonds is 10. The van der Waals surface area contributed by atoms with Crippen molar-refractivity contribution in [3.63, 3.8) is 0 Å². The molecule has 4 aromatic rings. The maximum atomic E-state index is 11.1. The van der Waals surface area contributed by atoms with Crippen LogP contribution in [0.2, 0.25) is 0 Å². The molecule has 0 fully saturated rings. The average Bonchev–Trinajstić information content (AvgIpc) is 3.64. The number of hydrogen-bond donors (Lipinski definition) is 6. The first-order chi connectivity index (χ1) is 17.2. The van der Waals surface area contributed by atoms with Crippen molar-refractivity contribution < 1.29 is 56.7 Å². The minimum Gasteiger partial charge on any atom is -0.549 e. The monoisotopic (exact) mass is 561 g/mol. The molecule has 16 nitrogen and oxygen atoms in total. The average molecular weight is 562 g/mol. The number of hydrogen-bond acceptors (Lipinski definition) is 10. The predicted molar refractivity (Wildman–Crippen MR) is 110 cm³/mol. The molecule has 0 saturated carbocycles. The van der Waals surface area contributed by atoms with Crippen LogP contribution in [0.15, 0.2) is 49.6 Å². The van der Waals surface area contributed by atoms with Crippen LogP contribution >= 0.6 is 0 Å². The van der Waals surface area contributed by atoms with E-state index in [1.807, 2.05) is 0 Å². The molecule has 0 aliphatic heterocycles. The molecule has 37 heavy (non-hydrogen) atoms. The molecule has 4 rings (SSSR count). The van der Waals surface area contributed by atoms with Crippen molar-refractivity contribution in [1.82, 2.24) is 39.9 Å². The van der Waals surface area contributed by atoms with Gasteiger partial charge in [-0.15, -0.1) is 0 Å². The number of carboxylic acid groups (broad SMARTS) is 4. The molecule has 1 radical (unpaired) electrons. The molecule has 0 aliphatic carbocycles. The molecule has 2 atom stereocenters. The van der Waals surface area contributed by atoms with Crippen LogP contribution in [0.4, 0.5) is 0 Å². The van der Waals surface area contributed by atoms with E-state index in [0.717, 1.165) is 0 Å². The second-order valence-corrected chi connectivity index (χ2v) is 7.12. The van der Waals surface area contributed by atoms with Crippen molar-refractivity contribution >= 4 is 23.9 Å². The van der Waals surface area contributed by atoms with E-state index >= 15 is 0 Å². The molecule has 0 bridgehead atoms. The number of nitrogens with zero attached hydrogens (tertiary/aromatic N) is 4. The maximum absolute atomic E-state index is 11.1. The maximum Gasteiger partial charge on any atom is 2.00 e. The molecule has 4 heterocycles. The Morgan fingerprint density at radius 3 is 0.973 bits per heavy atom. The zero-order valence-electron chi connectivity index (χ0n) is 18.4. The van der Waals surface area contributed by atoms with E-state index in [1.54, 1.807) is 0 Å². The number of carbonyl (C=O) groups is 4. The Balaban J connectivity index is 0.000000253. The summed E-state index contributed by atoms with van der Waals surface area (Å²) in [6.45, 7) is 0. The number of carboxylic acids is 4. The van der Waals surface area contributed by atoms with Crippen LogP contribution in [0.1, 0.15) is 35.1 Å². The van der Waals surface area contributed by atoms with Crippen LogP contribution in [0.3, 0.4) is 0 Å². The number of aromatic nitrogens is 8. The Morgan fingerprint density at radius 2 is 0.838 bits per heavy atom. The molecule has 0 aromatic carbocycles. The van der Waals surface area contributed by atoms with Gasteiger partial charge in [0.25, 0.3) is 0 Å². The van der Waals surface area contributed by atoms with Gasteiger partial charge in [0.15, 0.2) is 0 Å². The molecule has 197 valence electrons. The summed E-state index contributed by atoms with van der Waals surface area (Å²) in [5.74, 6) is -11.3. The van der Waals surface area contributed by atoms with Crippen LogP contribution < -0.4 is 10.2 Å². The summed E-state index contributed by atoms with van der Waals surface area (Å²) in [5, 5.41) is 40.0. The molecule has 4 aromatic heterocycles. The fraction of sp³-hybridized carbons (Fsp3) is 0.200. The van der Waals surface area contributed by atoms with Crippen LogP contribution in [0.25, 0.3) is 0 Å². The molecule has 0 amide bonds. The second-order valence-electron chi connectivity index (χ2n) is 7.12. The Morgan fingerprint density at radius 1 is 0.595 bits per heavy atom. The minimum atomic E-state index is -1.78. The standard InChI is InChI=1S/2C10H10N4O4.Cu/c2*15-9(16)6(10(17)18)5(7-11-1-2-12-7)8-13-3-4-14-8;/h2*1-6H,(H,11,12)(H,13,14)(H,15,16)(H,17,18);/q;;+2/p-2. The SMILES string of the molecule is O=C([O-])[C@@H](C(=O)O)C(c1ncc[nH]1)c1ncc[nH]1.O=C([O-])[C@H](C(=O)O)C(c1ncc[nH]1)c1ncc[nH]1.[Cu+2]. The molecule has 0 spiro atoms. The summed E-state index contributed by atoms with van der Waals surface area (Å²) in [5.41, 5.74) is 0. The van der Waals surface area contributed by atoms with Gasteiger partial charge in [-0.2, -0.15) is 0 Å². The summed E-state index contributed by atoms with van der Waals surface area (Å²) in [7, 11) is 0. The fourth-order valence-electron chi connectivity index (χ4n) is 3.44. The smallest absolute Gasteiger partial charge is 0.549 e. The van der Waals surface area contributed by atoms with Crippen LogP contribution in [-0.2, 0) is 36.2 Å². The van der Waals surface area contributed by atoms with Gasteiger partial charge in [0.05, 0.1) is 23.8 Å². The third-order valence-electron chi connectivity index (χ3n) is 4.96. The van der Waals surface area contributed by atoms with Gasteiger partial charge in [0.2, 0.25) is 0 Å². The number of carbonyl (C=O) groups excluding carboxylic acids is 2. The van der Waals surface area contributed by atoms with E-state index in [-0.39, 0.29) is 40.4 Å². The van der Waals surface area contributed by atoms with E-state index in [2.05, 4.69) is 39.9 Å². The Kier molecular flexibility index (Phi) is 9.85. The molecular weight excluding hydrogens is 544 g/mol. The van der Waals surface area contributed by atoms with E-state index in [0.29, 0.717) is 0 Å². The van der Waals surface area contributed by atoms with Gasteiger partial charge >= 0.3 is 29.0 Å². The quantitative estimate of drug-likeness (QED) is 0.0860. The molecular formula is C20H18CuN8O8. The van der Waals surface area contributed by atoms with Crippen LogP contribution in [0.5, 0.6) is 0 Å². The second kappa shape index (κ2) is 12.8. The van der Waals surface area contributed by atoms with E-state index < -0.39 is 47.5 Å². The van der Waals surface area contributed by atoms with Crippen molar-refractivity contribution in [2.45, 2.75) is 11.8 Å². The molecule has 0 unspecified atom stereocenters. The van der Waals surface area contributed by atoms with Gasteiger partial charge in [0.1, 0.15) is 35.1 Å². The zero-order chi connectivity index (χ0) is 26.2. The molecule has 6 N–H and O–H groups in total. The third-order valence-corrected chi connectivity index (χ3v) is 4.96. The Labute approximate surface area is 217 Å². The third kappa shape index (κ3) is 6.68. The van der Waals surface area contributed by atoms with Crippen LogP contribution in [-0.4, -0.2) is 74.0 Å². The molecule has 0 saturated heterocycles. The summed E-state index contributed by atoms with van der Waals surface area (Å²) >= 11 is 0. The number of H-pyrrole nitrogens is 4. The molecule has 0 aliphatic rings. The normalized spacial score (nSPS) is 12.2. The van der Waals surface area contributed by atoms with Gasteiger partial charge in [-0.3, -0.25) is 9.59 Å². The van der Waals surface area contributed by atoms with Crippen LogP contribution in [0, 0.1) is 11.8 Å². The van der Waals surface area contributed by atoms with Gasteiger partial charge in [0, 0.05) is 49.6 Å². The van der Waals surface area contributed by atoms with Crippen molar-refractivity contribution in [2.24, 2.45) is 11.8 Å². The van der Waals surface area contributed by atoms with Gasteiger partial charge in [-0.1, -0.05) is 0 Å². The van der Waals surface area contributed by atoms with E-state index in [4.69, 9.17) is 10.2 Å². The van der Waals surface area contributed by atoms with E-state index in [1.165, 1.54) is 49.6 Å². The number of aliphatic carboxylic acids is 4. The van der Waals surface area contributed by atoms with Crippen molar-refractivity contribution in [2.75, 3.05) is 0 Å². The largest absolute Gasteiger partial charge is 2.00 e. The first-order valence-corrected chi connectivity index (χ1v) is 10.1. The predicted octanol–water partition coefficient (Wildman–Crippen LogP) is -2.57. The fourth-order valence-corrected chi connectivity index (χ4v) is 3.44. The summed E-state index contributed by atoms with van der Waals surface area (Å²) in [6, 6.07) is 0. The topological polar surface area (TPSA) is 270 Å². The van der Waals surface area contributed by atoms with Crippen molar-refractivity contribution in [1.29, 1.82) is 0 Å². The summed E-state index contributed by atoms with van der Waals surface area (Å²) < 4.78 is 0. The van der Waals surface area contributed by atoms with Gasteiger partial charge < -0.3 is 50.0 Å². The van der Waals surface area contributed by atoms with E-state index in [9.17, 15) is 29.4 Å². The van der Waals surface area contributed by atoms with Gasteiger partial charge in [-0.25, -0.2) is 19.9 Å². The van der Waals surface area contributed by atoms with Gasteiger partial charge in [-0.05, 0) is 0 Å². The first kappa shape index (κ1) is 28.5.